The summed E-state index contributed by atoms with van der Waals surface area (Å²) in [5.41, 5.74) is 3.64. The Kier molecular flexibility index (Phi) is 11.6. The summed E-state index contributed by atoms with van der Waals surface area (Å²) in [6.07, 6.45) is 4.43. The van der Waals surface area contributed by atoms with Gasteiger partial charge < -0.3 is 21.3 Å². The first-order valence-corrected chi connectivity index (χ1v) is 17.3. The molecule has 53 heavy (non-hydrogen) atoms. The Hall–Kier alpha value is -6.62. The number of aromatic nitrogens is 6. The minimum absolute atomic E-state index is 0.104. The average molecular weight is 739 g/mol. The van der Waals surface area contributed by atoms with Crippen molar-refractivity contribution < 1.29 is 28.0 Å². The number of rotatable bonds is 15. The van der Waals surface area contributed by atoms with Crippen LogP contribution in [0.25, 0.3) is 33.0 Å². The van der Waals surface area contributed by atoms with E-state index in [-0.39, 0.29) is 48.9 Å². The molecule has 1 aromatic carbocycles. The molecule has 6 aromatic rings. The predicted molar refractivity (Wildman–Crippen MR) is 192 cm³/mol. The highest BCUT2D eigenvalue weighted by atomic mass is 32.1. The van der Waals surface area contributed by atoms with Gasteiger partial charge in [0.05, 0.1) is 33.6 Å². The van der Waals surface area contributed by atoms with Crippen molar-refractivity contribution in [2.45, 2.75) is 12.8 Å². The molecule has 4 amide bonds. The number of aromatic amines is 2. The number of hydrogen-bond donors (Lipinski definition) is 6. The van der Waals surface area contributed by atoms with Crippen LogP contribution in [0.4, 0.5) is 8.78 Å². The molecule has 6 rings (SSSR count). The van der Waals surface area contributed by atoms with Crippen molar-refractivity contribution in [1.29, 1.82) is 0 Å². The maximum Gasteiger partial charge on any atom is 0.271 e. The number of nitrogens with one attached hydrogen (secondary N) is 6. The summed E-state index contributed by atoms with van der Waals surface area (Å²) in [6.45, 7) is 0.971. The molecule has 14 nitrogen and oxygen atoms in total. The van der Waals surface area contributed by atoms with Gasteiger partial charge in [-0.2, -0.15) is 14.6 Å². The minimum atomic E-state index is -0.918. The monoisotopic (exact) mass is 738 g/mol. The number of carbonyl (C=O) groups excluding carboxylic acids is 4. The Morgan fingerprint density at radius 2 is 1.40 bits per heavy atom. The fraction of sp³-hybridized carbons (Fsp3) is 0.167. The lowest BCUT2D eigenvalue weighted by atomic mass is 10.1. The molecule has 0 saturated heterocycles. The van der Waals surface area contributed by atoms with Gasteiger partial charge in [-0.15, -0.1) is 11.3 Å². The van der Waals surface area contributed by atoms with Crippen LogP contribution in [0.2, 0.25) is 0 Å². The quantitative estimate of drug-likeness (QED) is 0.0659. The maximum atomic E-state index is 14.6. The third-order valence-electron chi connectivity index (χ3n) is 7.80. The molecular weight excluding hydrogens is 707 g/mol. The van der Waals surface area contributed by atoms with Gasteiger partial charge in [0.2, 0.25) is 5.95 Å². The van der Waals surface area contributed by atoms with Gasteiger partial charge in [0, 0.05) is 49.7 Å². The van der Waals surface area contributed by atoms with Crippen LogP contribution in [-0.4, -0.2) is 80.2 Å². The lowest BCUT2D eigenvalue weighted by Gasteiger charge is -2.08. The first-order chi connectivity index (χ1) is 25.7. The van der Waals surface area contributed by atoms with Gasteiger partial charge in [-0.05, 0) is 54.1 Å². The van der Waals surface area contributed by atoms with E-state index >= 15 is 0 Å². The van der Waals surface area contributed by atoms with Crippen molar-refractivity contribution in [3.05, 3.63) is 119 Å². The number of hydrogen-bond acceptors (Lipinski definition) is 9. The van der Waals surface area contributed by atoms with E-state index in [9.17, 15) is 28.0 Å². The van der Waals surface area contributed by atoms with Gasteiger partial charge in [0.15, 0.2) is 5.69 Å². The van der Waals surface area contributed by atoms with Crippen LogP contribution >= 0.6 is 11.3 Å². The smallest absolute Gasteiger partial charge is 0.271 e. The van der Waals surface area contributed by atoms with Gasteiger partial charge in [0.25, 0.3) is 23.6 Å². The Morgan fingerprint density at radius 1 is 0.679 bits per heavy atom. The zero-order valence-electron chi connectivity index (χ0n) is 27.9. The van der Waals surface area contributed by atoms with E-state index in [1.807, 2.05) is 35.7 Å². The molecule has 0 radical (unpaired) electrons. The largest absolute Gasteiger partial charge is 0.352 e. The molecule has 0 unspecified atom stereocenters. The lowest BCUT2D eigenvalue weighted by Crippen LogP contribution is -2.30. The summed E-state index contributed by atoms with van der Waals surface area (Å²) >= 11 is 1.35. The van der Waals surface area contributed by atoms with Crippen molar-refractivity contribution in [2.24, 2.45) is 0 Å². The molecule has 0 atom stereocenters. The Labute approximate surface area is 304 Å². The summed E-state index contributed by atoms with van der Waals surface area (Å²) in [5, 5.41) is 26.4. The lowest BCUT2D eigenvalue weighted by molar-refractivity contribution is 0.0931. The second kappa shape index (κ2) is 17.1. The van der Waals surface area contributed by atoms with Crippen LogP contribution < -0.4 is 21.3 Å². The maximum absolute atomic E-state index is 14.6. The first kappa shape index (κ1) is 36.2. The van der Waals surface area contributed by atoms with Crippen LogP contribution in [-0.2, 0) is 0 Å². The summed E-state index contributed by atoms with van der Waals surface area (Å²) in [6, 6.07) is 17.0. The van der Waals surface area contributed by atoms with Crippen LogP contribution in [0.3, 0.4) is 0 Å². The highest BCUT2D eigenvalue weighted by molar-refractivity contribution is 7.14. The number of carbonyl (C=O) groups is 4. The number of amides is 4. The van der Waals surface area contributed by atoms with Crippen molar-refractivity contribution >= 4 is 35.0 Å². The predicted octanol–water partition coefficient (Wildman–Crippen LogP) is 4.36. The van der Waals surface area contributed by atoms with E-state index < -0.39 is 29.5 Å². The number of H-pyrrole nitrogens is 2. The highest BCUT2D eigenvalue weighted by Gasteiger charge is 2.17. The second-order valence-electron chi connectivity index (χ2n) is 11.6. The zero-order valence-corrected chi connectivity index (χ0v) is 28.7. The Morgan fingerprint density at radius 3 is 2.15 bits per heavy atom. The van der Waals surface area contributed by atoms with Crippen molar-refractivity contribution in [1.82, 2.24) is 51.6 Å². The van der Waals surface area contributed by atoms with E-state index in [1.165, 1.54) is 29.8 Å². The molecule has 270 valence electrons. The second-order valence-corrected chi connectivity index (χ2v) is 12.5. The first-order valence-electron chi connectivity index (χ1n) is 16.4. The number of benzene rings is 1. The van der Waals surface area contributed by atoms with E-state index in [2.05, 4.69) is 51.6 Å². The topological polar surface area (TPSA) is 200 Å². The van der Waals surface area contributed by atoms with Gasteiger partial charge >= 0.3 is 0 Å². The molecule has 0 aliphatic carbocycles. The fourth-order valence-corrected chi connectivity index (χ4v) is 5.94. The molecular formula is C36H32F2N10O4S. The number of nitrogens with zero attached hydrogens (tertiary/aromatic N) is 4. The standard InChI is InChI=1S/C36H32F2N10O4S/c37-25-12-23(17-39-19-25)33(49)40-8-4-10-43-36(52)30-16-28(46-48-30)31-14-24(20-53-31)22-13-26(32(38)44-18-22)34(50)41-9-5-11-42-35(51)29-15-27(45-47-29)21-6-2-1-3-7-21/h1-3,6-7,12-20H,4-5,8-11H2,(H,40,49)(H,41,50)(H,42,51)(H,43,52)(H,45,47)(H,46,48). The third kappa shape index (κ3) is 9.39. The van der Waals surface area contributed by atoms with E-state index in [0.717, 1.165) is 22.7 Å². The number of thiophene rings is 1. The molecule has 6 N–H and O–H groups in total. The molecule has 0 aliphatic heterocycles. The number of halogens is 2. The van der Waals surface area contributed by atoms with E-state index in [4.69, 9.17) is 0 Å². The molecule has 5 aromatic heterocycles. The van der Waals surface area contributed by atoms with Crippen LogP contribution in [0.5, 0.6) is 0 Å². The molecule has 0 fully saturated rings. The normalized spacial score (nSPS) is 10.8. The van der Waals surface area contributed by atoms with Gasteiger partial charge in [-0.25, -0.2) is 9.37 Å². The molecule has 0 aliphatic rings. The van der Waals surface area contributed by atoms with Crippen molar-refractivity contribution in [3.8, 4) is 33.0 Å². The van der Waals surface area contributed by atoms with Gasteiger partial charge in [-0.1, -0.05) is 30.3 Å². The van der Waals surface area contributed by atoms with Crippen LogP contribution in [0, 0.1) is 11.8 Å². The van der Waals surface area contributed by atoms with Crippen molar-refractivity contribution in [2.75, 3.05) is 26.2 Å². The summed E-state index contributed by atoms with van der Waals surface area (Å²) in [5.74, 6) is -3.39. The van der Waals surface area contributed by atoms with Crippen molar-refractivity contribution in [3.63, 3.8) is 0 Å². The fourth-order valence-electron chi connectivity index (χ4n) is 5.06. The van der Waals surface area contributed by atoms with Crippen LogP contribution in [0.1, 0.15) is 54.5 Å². The minimum Gasteiger partial charge on any atom is -0.352 e. The summed E-state index contributed by atoms with van der Waals surface area (Å²) in [4.78, 5) is 58.2. The highest BCUT2D eigenvalue weighted by Crippen LogP contribution is 2.32. The van der Waals surface area contributed by atoms with Gasteiger partial charge in [0.1, 0.15) is 11.5 Å². The average Bonchev–Trinajstić information content (AvgIpc) is 3.97. The van der Waals surface area contributed by atoms with Crippen LogP contribution in [0.15, 0.2) is 84.6 Å². The Bertz CT molecular complexity index is 2240. The molecule has 5 heterocycles. The number of pyridine rings is 2. The zero-order chi connectivity index (χ0) is 37.2. The molecule has 0 saturated carbocycles. The Balaban J connectivity index is 0.946. The third-order valence-corrected chi connectivity index (χ3v) is 8.76. The van der Waals surface area contributed by atoms with Gasteiger partial charge in [-0.3, -0.25) is 34.4 Å². The van der Waals surface area contributed by atoms with E-state index in [1.54, 1.807) is 18.2 Å². The SMILES string of the molecule is O=C(NCCCNC(=O)c1cc(-c2cc(-c3cnc(F)c(C(=O)NCCCNC(=O)c4cc(-c5ccccc5)n[nH]4)c3)cs2)[nH]n1)c1cncc(F)c1. The summed E-state index contributed by atoms with van der Waals surface area (Å²) in [7, 11) is 0. The molecule has 0 bridgehead atoms. The summed E-state index contributed by atoms with van der Waals surface area (Å²) < 4.78 is 27.9. The van der Waals surface area contributed by atoms with E-state index in [0.29, 0.717) is 41.1 Å². The molecule has 17 heteroatoms. The molecule has 0 spiro atoms.